The molecule has 4 heteroatoms. The number of anilines is 1. The van der Waals surface area contributed by atoms with E-state index >= 15 is 0 Å². The van der Waals surface area contributed by atoms with Gasteiger partial charge in [-0.05, 0) is 30.4 Å². The van der Waals surface area contributed by atoms with Gasteiger partial charge in [0, 0.05) is 0 Å². The van der Waals surface area contributed by atoms with Crippen LogP contribution >= 0.6 is 0 Å². The van der Waals surface area contributed by atoms with Gasteiger partial charge < -0.3 is 0 Å². The number of imide groups is 1. The first kappa shape index (κ1) is 10.9. The molecule has 2 bridgehead atoms. The maximum absolute atomic E-state index is 13.8. The summed E-state index contributed by atoms with van der Waals surface area (Å²) in [6.45, 7) is 0. The summed E-state index contributed by atoms with van der Waals surface area (Å²) in [5, 5.41) is 0. The second-order valence-corrected chi connectivity index (χ2v) is 5.46. The van der Waals surface area contributed by atoms with Crippen molar-refractivity contribution >= 4 is 17.5 Å². The molecular formula is C15H12FNO2. The molecule has 0 spiro atoms. The van der Waals surface area contributed by atoms with Gasteiger partial charge >= 0.3 is 0 Å². The number of allylic oxidation sites excluding steroid dienone is 2. The van der Waals surface area contributed by atoms with Crippen LogP contribution in [0.3, 0.4) is 0 Å². The Morgan fingerprint density at radius 2 is 1.58 bits per heavy atom. The maximum Gasteiger partial charge on any atom is 0.238 e. The molecule has 2 fully saturated rings. The second-order valence-electron chi connectivity index (χ2n) is 5.46. The number of nitrogens with zero attached hydrogens (tertiary/aromatic N) is 1. The van der Waals surface area contributed by atoms with Crippen LogP contribution in [0.2, 0.25) is 0 Å². The van der Waals surface area contributed by atoms with Crippen LogP contribution in [0.15, 0.2) is 36.4 Å². The molecule has 1 aliphatic heterocycles. The van der Waals surface area contributed by atoms with Gasteiger partial charge in [-0.1, -0.05) is 24.3 Å². The minimum absolute atomic E-state index is 0.0892. The fourth-order valence-electron chi connectivity index (χ4n) is 3.77. The fourth-order valence-corrected chi connectivity index (χ4v) is 3.77. The summed E-state index contributed by atoms with van der Waals surface area (Å²) in [5.74, 6) is -1.24. The van der Waals surface area contributed by atoms with Crippen LogP contribution in [0.25, 0.3) is 0 Å². The summed E-state index contributed by atoms with van der Waals surface area (Å²) in [7, 11) is 0. The zero-order valence-electron chi connectivity index (χ0n) is 10.1. The summed E-state index contributed by atoms with van der Waals surface area (Å²) in [6.07, 6.45) is 4.95. The van der Waals surface area contributed by atoms with Crippen LogP contribution in [-0.2, 0) is 9.59 Å². The number of para-hydroxylation sites is 1. The number of hydrogen-bond donors (Lipinski definition) is 0. The van der Waals surface area contributed by atoms with Gasteiger partial charge in [0.1, 0.15) is 5.82 Å². The molecule has 1 aromatic carbocycles. The number of rotatable bonds is 1. The lowest BCUT2D eigenvalue weighted by Crippen LogP contribution is -2.33. The summed E-state index contributed by atoms with van der Waals surface area (Å²) in [4.78, 5) is 25.9. The molecule has 96 valence electrons. The summed E-state index contributed by atoms with van der Waals surface area (Å²) in [6, 6.07) is 5.95. The average molecular weight is 257 g/mol. The number of carbonyl (C=O) groups excluding carboxylic acids is 2. The zero-order valence-corrected chi connectivity index (χ0v) is 10.1. The number of benzene rings is 1. The van der Waals surface area contributed by atoms with E-state index in [1.54, 1.807) is 12.1 Å². The van der Waals surface area contributed by atoms with Gasteiger partial charge in [-0.3, -0.25) is 9.59 Å². The third kappa shape index (κ3) is 1.26. The lowest BCUT2D eigenvalue weighted by atomic mass is 9.85. The molecule has 2 amide bonds. The van der Waals surface area contributed by atoms with Crippen LogP contribution in [-0.4, -0.2) is 11.8 Å². The highest BCUT2D eigenvalue weighted by atomic mass is 19.1. The van der Waals surface area contributed by atoms with Crippen molar-refractivity contribution in [3.63, 3.8) is 0 Å². The maximum atomic E-state index is 13.8. The van der Waals surface area contributed by atoms with Crippen molar-refractivity contribution in [1.29, 1.82) is 0 Å². The molecule has 0 aromatic heterocycles. The highest BCUT2D eigenvalue weighted by Gasteiger charge is 2.59. The SMILES string of the molecule is O=C1[C@H]2[C@H](C(=O)N1c1ccccc1F)[C@H]1C=C[C@H]2C1. The lowest BCUT2D eigenvalue weighted by Gasteiger charge is -2.17. The number of carbonyl (C=O) groups is 2. The van der Waals surface area contributed by atoms with Crippen LogP contribution in [0, 0.1) is 29.5 Å². The Morgan fingerprint density at radius 3 is 2.16 bits per heavy atom. The molecule has 3 aliphatic rings. The van der Waals surface area contributed by atoms with E-state index in [0.717, 1.165) is 11.3 Å². The smallest absolute Gasteiger partial charge is 0.238 e. The Kier molecular flexibility index (Phi) is 2.03. The van der Waals surface area contributed by atoms with Gasteiger partial charge in [-0.25, -0.2) is 9.29 Å². The first-order chi connectivity index (χ1) is 9.18. The standard InChI is InChI=1S/C15H12FNO2/c16-10-3-1-2-4-11(10)17-14(18)12-8-5-6-9(7-8)13(12)15(17)19/h1-6,8-9,12-13H,7H2/t8-,9-,12+,13+/m0/s1. The molecule has 4 rings (SSSR count). The molecule has 1 aromatic rings. The number of halogens is 1. The average Bonchev–Trinajstić information content (AvgIpc) is 3.06. The van der Waals surface area contributed by atoms with Crippen molar-refractivity contribution in [3.8, 4) is 0 Å². The molecule has 1 heterocycles. The van der Waals surface area contributed by atoms with Crippen molar-refractivity contribution in [1.82, 2.24) is 0 Å². The lowest BCUT2D eigenvalue weighted by molar-refractivity contribution is -0.123. The first-order valence-corrected chi connectivity index (χ1v) is 6.49. The van der Waals surface area contributed by atoms with Crippen LogP contribution in [0.4, 0.5) is 10.1 Å². The van der Waals surface area contributed by atoms with E-state index < -0.39 is 5.82 Å². The van der Waals surface area contributed by atoms with Gasteiger partial charge in [0.05, 0.1) is 17.5 Å². The van der Waals surface area contributed by atoms with E-state index in [1.807, 2.05) is 12.2 Å². The highest BCUT2D eigenvalue weighted by Crippen LogP contribution is 2.53. The van der Waals surface area contributed by atoms with Gasteiger partial charge in [0.25, 0.3) is 0 Å². The van der Waals surface area contributed by atoms with Crippen molar-refractivity contribution in [2.24, 2.45) is 23.7 Å². The molecule has 2 aliphatic carbocycles. The van der Waals surface area contributed by atoms with Gasteiger partial charge in [-0.2, -0.15) is 0 Å². The highest BCUT2D eigenvalue weighted by molar-refractivity contribution is 6.22. The molecule has 0 unspecified atom stereocenters. The van der Waals surface area contributed by atoms with Crippen molar-refractivity contribution in [2.75, 3.05) is 4.90 Å². The van der Waals surface area contributed by atoms with Crippen molar-refractivity contribution < 1.29 is 14.0 Å². The molecule has 1 saturated carbocycles. The molecule has 4 atom stereocenters. The molecule has 0 radical (unpaired) electrons. The van der Waals surface area contributed by atoms with E-state index in [-0.39, 0.29) is 41.2 Å². The van der Waals surface area contributed by atoms with Crippen LogP contribution in [0.1, 0.15) is 6.42 Å². The second kappa shape index (κ2) is 3.53. The minimum Gasteiger partial charge on any atom is -0.274 e. The molecule has 19 heavy (non-hydrogen) atoms. The Bertz CT molecular complexity index is 594. The number of hydrogen-bond acceptors (Lipinski definition) is 2. The third-order valence-corrected chi connectivity index (χ3v) is 4.56. The zero-order chi connectivity index (χ0) is 13.1. The summed E-state index contributed by atoms with van der Waals surface area (Å²) in [5.41, 5.74) is 0.0892. The van der Waals surface area contributed by atoms with E-state index in [2.05, 4.69) is 0 Å². The fraction of sp³-hybridized carbons (Fsp3) is 0.333. The predicted molar refractivity (Wildman–Crippen MR) is 66.6 cm³/mol. The molecular weight excluding hydrogens is 245 g/mol. The van der Waals surface area contributed by atoms with Crippen LogP contribution in [0.5, 0.6) is 0 Å². The Morgan fingerprint density at radius 1 is 1.00 bits per heavy atom. The van der Waals surface area contributed by atoms with Gasteiger partial charge in [0.2, 0.25) is 11.8 Å². The predicted octanol–water partition coefficient (Wildman–Crippen LogP) is 2.14. The topological polar surface area (TPSA) is 37.4 Å². The van der Waals surface area contributed by atoms with Crippen LogP contribution < -0.4 is 4.90 Å². The Hall–Kier alpha value is -1.97. The van der Waals surface area contributed by atoms with E-state index in [9.17, 15) is 14.0 Å². The van der Waals surface area contributed by atoms with Gasteiger partial charge in [-0.15, -0.1) is 0 Å². The number of amides is 2. The first-order valence-electron chi connectivity index (χ1n) is 6.49. The minimum atomic E-state index is -0.524. The summed E-state index contributed by atoms with van der Waals surface area (Å²) < 4.78 is 13.8. The monoisotopic (exact) mass is 257 g/mol. The van der Waals surface area contributed by atoms with E-state index in [1.165, 1.54) is 12.1 Å². The quantitative estimate of drug-likeness (QED) is 0.571. The molecule has 3 nitrogen and oxygen atoms in total. The van der Waals surface area contributed by atoms with Crippen molar-refractivity contribution in [3.05, 3.63) is 42.2 Å². The van der Waals surface area contributed by atoms with Gasteiger partial charge in [0.15, 0.2) is 0 Å². The Labute approximate surface area is 109 Å². The van der Waals surface area contributed by atoms with E-state index in [0.29, 0.717) is 0 Å². The van der Waals surface area contributed by atoms with Crippen molar-refractivity contribution in [2.45, 2.75) is 6.42 Å². The summed E-state index contributed by atoms with van der Waals surface area (Å²) >= 11 is 0. The largest absolute Gasteiger partial charge is 0.274 e. The molecule has 1 saturated heterocycles. The normalized spacial score (nSPS) is 35.3. The van der Waals surface area contributed by atoms with E-state index in [4.69, 9.17) is 0 Å². The number of fused-ring (bicyclic) bond motifs is 5. The Balaban J connectivity index is 1.79. The molecule has 0 N–H and O–H groups in total. The third-order valence-electron chi connectivity index (χ3n) is 4.56.